The van der Waals surface area contributed by atoms with Crippen LogP contribution in [0.25, 0.3) is 6.08 Å². The van der Waals surface area contributed by atoms with E-state index in [1.807, 2.05) is 44.2 Å². The van der Waals surface area contributed by atoms with Crippen molar-refractivity contribution in [2.24, 2.45) is 0 Å². The summed E-state index contributed by atoms with van der Waals surface area (Å²) in [6, 6.07) is 11.2. The Balaban J connectivity index is 1.78. The van der Waals surface area contributed by atoms with Crippen molar-refractivity contribution in [2.45, 2.75) is 32.9 Å². The third kappa shape index (κ3) is 5.26. The predicted octanol–water partition coefficient (Wildman–Crippen LogP) is 7.28. The second-order valence-electron chi connectivity index (χ2n) is 6.54. The quantitative estimate of drug-likeness (QED) is 0.349. The van der Waals surface area contributed by atoms with Crippen molar-refractivity contribution in [1.82, 2.24) is 4.90 Å². The first-order chi connectivity index (χ1) is 13.8. The second-order valence-corrected chi connectivity index (χ2v) is 9.71. The Hall–Kier alpha value is -1.28. The maximum atomic E-state index is 12.6. The number of carbonyl (C=O) groups excluding carboxylic acids is 2. The highest BCUT2D eigenvalue weighted by Crippen LogP contribution is 2.38. The number of hydrogen-bond acceptors (Lipinski definition) is 4. The van der Waals surface area contributed by atoms with E-state index < -0.39 is 0 Å². The number of halogens is 3. The van der Waals surface area contributed by atoms with Gasteiger partial charge in [-0.2, -0.15) is 0 Å². The van der Waals surface area contributed by atoms with Crippen LogP contribution in [0.2, 0.25) is 5.02 Å². The first-order valence-electron chi connectivity index (χ1n) is 8.93. The average molecular weight is 560 g/mol. The summed E-state index contributed by atoms with van der Waals surface area (Å²) < 4.78 is 7.55. The smallest absolute Gasteiger partial charge is 0.293 e. The van der Waals surface area contributed by atoms with Gasteiger partial charge >= 0.3 is 0 Å². The minimum atomic E-state index is -0.267. The zero-order valence-corrected chi connectivity index (χ0v) is 20.5. The summed E-state index contributed by atoms with van der Waals surface area (Å²) in [4.78, 5) is 26.5. The number of amides is 2. The lowest BCUT2D eigenvalue weighted by molar-refractivity contribution is -0.124. The molecule has 1 aliphatic rings. The van der Waals surface area contributed by atoms with Gasteiger partial charge in [0.05, 0.1) is 14.4 Å². The molecule has 1 atom stereocenters. The molecule has 1 saturated heterocycles. The molecule has 0 bridgehead atoms. The monoisotopic (exact) mass is 557 g/mol. The number of hydrogen-bond donors (Lipinski definition) is 0. The van der Waals surface area contributed by atoms with Gasteiger partial charge in [0.2, 0.25) is 0 Å². The van der Waals surface area contributed by atoms with E-state index in [4.69, 9.17) is 16.3 Å². The van der Waals surface area contributed by atoms with Crippen molar-refractivity contribution in [3.63, 3.8) is 0 Å². The lowest BCUT2D eigenvalue weighted by atomic mass is 10.2. The van der Waals surface area contributed by atoms with Crippen molar-refractivity contribution in [3.05, 3.63) is 66.4 Å². The van der Waals surface area contributed by atoms with Gasteiger partial charge < -0.3 is 4.74 Å². The topological polar surface area (TPSA) is 46.6 Å². The lowest BCUT2D eigenvalue weighted by Crippen LogP contribution is -2.36. The Morgan fingerprint density at radius 1 is 1.21 bits per heavy atom. The summed E-state index contributed by atoms with van der Waals surface area (Å²) in [5.74, 6) is 0.261. The molecule has 0 saturated carbocycles. The molecule has 152 valence electrons. The average Bonchev–Trinajstić information content (AvgIpc) is 2.95. The van der Waals surface area contributed by atoms with Gasteiger partial charge in [-0.3, -0.25) is 14.5 Å². The fourth-order valence-corrected chi connectivity index (χ4v) is 4.91. The minimum Gasteiger partial charge on any atom is -0.486 e. The van der Waals surface area contributed by atoms with Crippen LogP contribution in [0.5, 0.6) is 5.75 Å². The summed E-state index contributed by atoms with van der Waals surface area (Å²) in [6.07, 6.45) is 2.40. The third-order valence-electron chi connectivity index (χ3n) is 4.47. The molecule has 1 heterocycles. The van der Waals surface area contributed by atoms with Gasteiger partial charge in [-0.25, -0.2) is 0 Å². The van der Waals surface area contributed by atoms with E-state index in [1.165, 1.54) is 4.90 Å². The molecular weight excluding hydrogens is 542 g/mol. The summed E-state index contributed by atoms with van der Waals surface area (Å²) in [6.45, 7) is 4.19. The van der Waals surface area contributed by atoms with E-state index in [1.54, 1.807) is 12.1 Å². The van der Waals surface area contributed by atoms with Gasteiger partial charge in [-0.15, -0.1) is 0 Å². The van der Waals surface area contributed by atoms with Gasteiger partial charge in [0.25, 0.3) is 11.1 Å². The van der Waals surface area contributed by atoms with Crippen LogP contribution in [0, 0.1) is 0 Å². The van der Waals surface area contributed by atoms with E-state index in [0.717, 1.165) is 21.8 Å². The number of nitrogens with zero attached hydrogens (tertiary/aromatic N) is 1. The highest BCUT2D eigenvalue weighted by Gasteiger charge is 2.37. The van der Waals surface area contributed by atoms with Gasteiger partial charge in [-0.05, 0) is 82.5 Å². The third-order valence-corrected chi connectivity index (χ3v) is 6.75. The van der Waals surface area contributed by atoms with Crippen LogP contribution < -0.4 is 4.74 Å². The number of rotatable bonds is 6. The summed E-state index contributed by atoms with van der Waals surface area (Å²) >= 11 is 14.3. The van der Waals surface area contributed by atoms with E-state index in [0.29, 0.717) is 38.7 Å². The largest absolute Gasteiger partial charge is 0.486 e. The van der Waals surface area contributed by atoms with E-state index in [-0.39, 0.29) is 17.2 Å². The highest BCUT2D eigenvalue weighted by molar-refractivity contribution is 9.10. The Kier molecular flexibility index (Phi) is 7.48. The molecule has 3 rings (SSSR count). The molecule has 8 heteroatoms. The second kappa shape index (κ2) is 9.69. The van der Waals surface area contributed by atoms with Crippen molar-refractivity contribution in [1.29, 1.82) is 0 Å². The van der Waals surface area contributed by atoms with Crippen molar-refractivity contribution in [2.75, 3.05) is 0 Å². The fourth-order valence-electron chi connectivity index (χ4n) is 2.73. The molecule has 29 heavy (non-hydrogen) atoms. The van der Waals surface area contributed by atoms with Crippen LogP contribution in [-0.2, 0) is 11.4 Å². The fraction of sp³-hybridized carbons (Fsp3) is 0.238. The predicted molar refractivity (Wildman–Crippen MR) is 125 cm³/mol. The molecule has 4 nitrogen and oxygen atoms in total. The molecule has 1 fully saturated rings. The molecule has 0 unspecified atom stereocenters. The summed E-state index contributed by atoms with van der Waals surface area (Å²) in [7, 11) is 0. The molecule has 0 spiro atoms. The first-order valence-corrected chi connectivity index (χ1v) is 11.7. The maximum Gasteiger partial charge on any atom is 0.293 e. The van der Waals surface area contributed by atoms with E-state index >= 15 is 0 Å². The number of thioether (sulfide) groups is 1. The molecule has 0 N–H and O–H groups in total. The summed E-state index contributed by atoms with van der Waals surface area (Å²) in [5.41, 5.74) is 1.73. The molecule has 2 amide bonds. The van der Waals surface area contributed by atoms with Crippen molar-refractivity contribution in [3.8, 4) is 5.75 Å². The van der Waals surface area contributed by atoms with Crippen LogP contribution in [0.1, 0.15) is 31.4 Å². The van der Waals surface area contributed by atoms with E-state index in [2.05, 4.69) is 31.9 Å². The zero-order chi connectivity index (χ0) is 21.1. The van der Waals surface area contributed by atoms with E-state index in [9.17, 15) is 9.59 Å². The van der Waals surface area contributed by atoms with Crippen LogP contribution in [0.3, 0.4) is 0 Å². The molecule has 2 aromatic rings. The lowest BCUT2D eigenvalue weighted by Gasteiger charge is -2.19. The van der Waals surface area contributed by atoms with Crippen LogP contribution in [0.4, 0.5) is 4.79 Å². The molecule has 0 aromatic heterocycles. The zero-order valence-electron chi connectivity index (χ0n) is 15.7. The van der Waals surface area contributed by atoms with Gasteiger partial charge in [0.1, 0.15) is 6.61 Å². The van der Waals surface area contributed by atoms with Crippen molar-refractivity contribution < 1.29 is 14.3 Å². The summed E-state index contributed by atoms with van der Waals surface area (Å²) in [5, 5.41) is 0.180. The molecule has 2 aromatic carbocycles. The Morgan fingerprint density at radius 2 is 1.90 bits per heavy atom. The molecule has 1 aliphatic heterocycles. The SMILES string of the molecule is CC[C@H](C)N1C(=O)S/C(=C/c2cc(Cl)c(OCc3ccc(Br)cc3)c(Br)c2)C1=O. The van der Waals surface area contributed by atoms with Crippen LogP contribution in [0.15, 0.2) is 50.2 Å². The number of benzene rings is 2. The number of imide groups is 1. The molecule has 0 aliphatic carbocycles. The first kappa shape index (κ1) is 22.4. The van der Waals surface area contributed by atoms with Crippen molar-refractivity contribution >= 4 is 72.4 Å². The Morgan fingerprint density at radius 3 is 2.52 bits per heavy atom. The standard InChI is InChI=1S/C21H18Br2ClNO3S/c1-3-12(2)25-20(26)18(29-21(25)27)10-14-8-16(23)19(17(24)9-14)28-11-13-4-6-15(22)7-5-13/h4-10,12H,3,11H2,1-2H3/b18-10+/t12-/m0/s1. The normalized spacial score (nSPS) is 16.6. The minimum absolute atomic E-state index is 0.127. The van der Waals surface area contributed by atoms with Gasteiger partial charge in [-0.1, -0.05) is 46.6 Å². The van der Waals surface area contributed by atoms with Gasteiger partial charge in [0, 0.05) is 10.5 Å². The number of ether oxygens (including phenoxy) is 1. The van der Waals surface area contributed by atoms with Gasteiger partial charge in [0.15, 0.2) is 5.75 Å². The highest BCUT2D eigenvalue weighted by atomic mass is 79.9. The Labute approximate surface area is 195 Å². The Bertz CT molecular complexity index is 955. The molecular formula is C21H18Br2ClNO3S. The van der Waals surface area contributed by atoms with Crippen LogP contribution >= 0.6 is 55.2 Å². The van der Waals surface area contributed by atoms with Crippen LogP contribution in [-0.4, -0.2) is 22.1 Å². The maximum absolute atomic E-state index is 12.6. The number of carbonyl (C=O) groups is 2. The molecule has 0 radical (unpaired) electrons.